The molecule has 0 aliphatic carbocycles. The quantitative estimate of drug-likeness (QED) is 0.00473. The van der Waals surface area contributed by atoms with E-state index in [1.54, 1.807) is 0 Å². The van der Waals surface area contributed by atoms with E-state index in [4.69, 9.17) is 114 Å². The Kier molecular flexibility index (Phi) is 59.4. The highest BCUT2D eigenvalue weighted by atomic mass is 28.4. The molecule has 3 aliphatic heterocycles. The van der Waals surface area contributed by atoms with Crippen LogP contribution in [0.15, 0.2) is 101 Å². The molecule has 0 spiro atoms. The van der Waals surface area contributed by atoms with Gasteiger partial charge in [0.1, 0.15) is 127 Å². The SMILES string of the molecule is C=C(O[C@H]1OC(CO)[C@@H](O[C@H](OC)C(O)C(OCCCC)[C@@H](CC(=O)OC)O[C@H]2OC(CO)[C@@H](O[C@H](OC)C(O)C(OCCCC)C(=C)OCCCC)C(OCCCC)C2N=[N+]=[N-])C(OCCCC)C1N=[N+]=[N-])C(OCCCC)C(O)[C@@H](OC)O[C@@H]1C(CCC(C)(C)[Si](O)(c2ccccc2)c2ccccc2)O[C@H](O[C@H](CC(=O)OC)C(OCCCC)C(O)C(OC)OC)C(N=[N+]=[N-])C1OCCCC. The van der Waals surface area contributed by atoms with Gasteiger partial charge in [0.05, 0.1) is 65.2 Å². The first-order chi connectivity index (χ1) is 66.6. The Balaban J connectivity index is 1.65. The van der Waals surface area contributed by atoms with Crippen LogP contribution in [0.4, 0.5) is 0 Å². The molecule has 3 aliphatic rings. The van der Waals surface area contributed by atoms with Crippen molar-refractivity contribution in [3.63, 3.8) is 0 Å². The molecular weight excluding hydrogens is 1820 g/mol. The molecule has 7 N–H and O–H groups in total. The summed E-state index contributed by atoms with van der Waals surface area (Å²) in [7, 11) is 4.78. The van der Waals surface area contributed by atoms with E-state index in [1.807, 2.05) is 130 Å². The fourth-order valence-electron chi connectivity index (χ4n) is 16.5. The van der Waals surface area contributed by atoms with Crippen molar-refractivity contribution >= 4 is 30.6 Å². The maximum absolute atomic E-state index is 13.9. The number of hydrogen-bond donors (Lipinski definition) is 7. The van der Waals surface area contributed by atoms with Crippen molar-refractivity contribution in [1.82, 2.24) is 0 Å². The van der Waals surface area contributed by atoms with Crippen molar-refractivity contribution in [2.24, 2.45) is 15.3 Å². The number of aliphatic hydroxyl groups is 6. The number of benzene rings is 2. The Morgan fingerprint density at radius 2 is 0.746 bits per heavy atom. The van der Waals surface area contributed by atoms with Crippen LogP contribution in [0.25, 0.3) is 31.3 Å². The third-order valence-electron chi connectivity index (χ3n) is 24.5. The predicted molar refractivity (Wildman–Crippen MR) is 507 cm³/mol. The number of rotatable bonds is 76. The van der Waals surface area contributed by atoms with E-state index in [0.717, 1.165) is 20.0 Å². The molecule has 3 fully saturated rings. The highest BCUT2D eigenvalue weighted by Crippen LogP contribution is 2.45. The molecule has 2 aromatic rings. The van der Waals surface area contributed by atoms with Gasteiger partial charge in [-0.1, -0.05) is 210 Å². The van der Waals surface area contributed by atoms with Crippen LogP contribution in [0, 0.1) is 0 Å². The molecular formula is C95H161N9O33Si. The maximum atomic E-state index is 13.9. The first-order valence-corrected chi connectivity index (χ1v) is 50.5. The van der Waals surface area contributed by atoms with Gasteiger partial charge in [-0.25, -0.2) is 0 Å². The summed E-state index contributed by atoms with van der Waals surface area (Å²) in [6, 6.07) is 14.0. The molecule has 3 heterocycles. The van der Waals surface area contributed by atoms with E-state index in [1.165, 1.54) is 42.7 Å². The molecule has 28 atom stereocenters. The minimum absolute atomic E-state index is 0.00967. The van der Waals surface area contributed by atoms with E-state index < -0.39 is 229 Å². The number of azide groups is 3. The summed E-state index contributed by atoms with van der Waals surface area (Å²) < 4.78 is 152. The third-order valence-corrected chi connectivity index (χ3v) is 29.0. The summed E-state index contributed by atoms with van der Waals surface area (Å²) >= 11 is 0. The van der Waals surface area contributed by atoms with Crippen molar-refractivity contribution < 1.29 is 159 Å². The second-order valence-electron chi connectivity index (χ2n) is 34.8. The molecule has 3 saturated heterocycles. The Labute approximate surface area is 814 Å². The van der Waals surface area contributed by atoms with Crippen molar-refractivity contribution in [2.45, 2.75) is 381 Å². The number of ether oxygens (including phenoxy) is 24. The Bertz CT molecular complexity index is 3780. The van der Waals surface area contributed by atoms with Crippen molar-refractivity contribution in [3.8, 4) is 0 Å². The molecule has 42 nitrogen and oxygen atoms in total. The summed E-state index contributed by atoms with van der Waals surface area (Å²) in [6.07, 6.45) is -33.3. The average Bonchev–Trinajstić information content (AvgIpc) is 0.741. The molecule has 788 valence electrons. The van der Waals surface area contributed by atoms with Crippen molar-refractivity contribution in [2.75, 3.05) is 116 Å². The average molecular weight is 1990 g/mol. The van der Waals surface area contributed by atoms with Gasteiger partial charge in [0, 0.05) is 96.5 Å². The Morgan fingerprint density at radius 3 is 1.10 bits per heavy atom. The smallest absolute Gasteiger partial charge is 0.308 e. The van der Waals surface area contributed by atoms with E-state index in [9.17, 15) is 61.6 Å². The van der Waals surface area contributed by atoms with Gasteiger partial charge in [-0.2, -0.15) is 0 Å². The molecule has 0 saturated carbocycles. The molecule has 17 unspecified atom stereocenters. The minimum atomic E-state index is -3.84. The van der Waals surface area contributed by atoms with Crippen LogP contribution in [0.3, 0.4) is 0 Å². The van der Waals surface area contributed by atoms with Gasteiger partial charge in [0.2, 0.25) is 6.29 Å². The van der Waals surface area contributed by atoms with Gasteiger partial charge in [-0.15, -0.1) is 0 Å². The molecule has 2 aromatic carbocycles. The highest BCUT2D eigenvalue weighted by Gasteiger charge is 2.58. The number of aliphatic hydroxyl groups excluding tert-OH is 6. The van der Waals surface area contributed by atoms with E-state index in [2.05, 4.69) is 43.2 Å². The van der Waals surface area contributed by atoms with E-state index >= 15 is 0 Å². The largest absolute Gasteiger partial charge is 0.496 e. The molecule has 5 rings (SSSR count). The first-order valence-electron chi connectivity index (χ1n) is 48.5. The van der Waals surface area contributed by atoms with Gasteiger partial charge in [-0.3, -0.25) is 9.59 Å². The Morgan fingerprint density at radius 1 is 0.428 bits per heavy atom. The van der Waals surface area contributed by atoms with Gasteiger partial charge in [-0.05, 0) is 96.2 Å². The number of carbonyl (C=O) groups is 2. The number of methoxy groups -OCH3 is 7. The number of nitrogens with zero attached hydrogens (tertiary/aromatic N) is 9. The zero-order valence-electron chi connectivity index (χ0n) is 83.9. The maximum Gasteiger partial charge on any atom is 0.308 e. The van der Waals surface area contributed by atoms with Crippen LogP contribution in [-0.2, 0) is 123 Å². The Hall–Kier alpha value is -6.47. The van der Waals surface area contributed by atoms with Crippen LogP contribution < -0.4 is 10.4 Å². The molecule has 0 bridgehead atoms. The fraction of sp³-hybridized carbons (Fsp3) is 0.811. The van der Waals surface area contributed by atoms with Gasteiger partial charge >= 0.3 is 11.9 Å². The van der Waals surface area contributed by atoms with Crippen molar-refractivity contribution in [3.05, 3.63) is 117 Å². The molecule has 138 heavy (non-hydrogen) atoms. The van der Waals surface area contributed by atoms with Crippen LogP contribution in [0.1, 0.15) is 198 Å². The van der Waals surface area contributed by atoms with E-state index in [0.29, 0.717) is 100 Å². The van der Waals surface area contributed by atoms with Gasteiger partial charge < -0.3 is 149 Å². The summed E-state index contributed by atoms with van der Waals surface area (Å²) in [5.74, 6) is -1.97. The van der Waals surface area contributed by atoms with Gasteiger partial charge in [0.15, 0.2) is 37.7 Å². The minimum Gasteiger partial charge on any atom is -0.496 e. The predicted octanol–water partition coefficient (Wildman–Crippen LogP) is 10.7. The summed E-state index contributed by atoms with van der Waals surface area (Å²) in [5, 5.41) is 86.7. The normalized spacial score (nSPS) is 24.8. The number of hydrogen-bond acceptors (Lipinski definition) is 36. The lowest BCUT2D eigenvalue weighted by Gasteiger charge is -2.48. The number of carbonyl (C=O) groups excluding carboxylic acids is 2. The number of unbranched alkanes of at least 4 members (excludes halogenated alkanes) is 8. The standard InChI is InChI=1S/C95H161N9O33Si/c1-20-28-48-121-60(9)78(122-49-29-21-2)74(109)92(118-17)136-84-68(59-106)134-90(73(101-104-98)87(84)128-55-35-27-8)132-66(57-70(108)115-14)81(125-52-32-24-5)77(112)94(120-19)137-83-67(58-105)133-88(71(99-102-96)86(83)127-54-34-26-7)129-61(10)79(123-50-30-22-3)75(110)93(119-18)135-82-64(46-47-95(11,12)138(113,62-42-38-36-39-43-62)63-44-40-37-41-45-63)130-89(72(100-103-97)85(82)126-53-33-25-6)131-65(56-69(107)114-13)80(124-51-31-23-4)76(111)91(116-15)117-16/h36-45,64-68,71-94,105-106,109-113H,9-10,20-35,46-59H2,1-8,11-19H3/t64?,65-,66-,67?,68?,71?,72?,73?,74?,75?,76?,77?,78?,79?,80?,81?,82-,83-,84-,85?,86?,87?,88+,89-,90+,92+,93+,94+/m1/s1. The second-order valence-corrected chi connectivity index (χ2v) is 38.7. The first kappa shape index (κ1) is 122. The highest BCUT2D eigenvalue weighted by molar-refractivity contribution is 6.98. The van der Waals surface area contributed by atoms with Crippen LogP contribution in [0.5, 0.6) is 0 Å². The lowest BCUT2D eigenvalue weighted by Crippen LogP contribution is -2.66. The fourth-order valence-corrected chi connectivity index (χ4v) is 20.3. The van der Waals surface area contributed by atoms with Gasteiger partial charge in [0.25, 0.3) is 8.32 Å². The molecule has 0 aromatic heterocycles. The van der Waals surface area contributed by atoms with E-state index in [-0.39, 0.29) is 77.2 Å². The third kappa shape index (κ3) is 36.1. The van der Waals surface area contributed by atoms with Crippen LogP contribution >= 0.6 is 0 Å². The molecule has 43 heteroatoms. The lowest BCUT2D eigenvalue weighted by molar-refractivity contribution is -0.336. The summed E-state index contributed by atoms with van der Waals surface area (Å²) in [5.41, 5.74) is 31.8. The number of esters is 2. The summed E-state index contributed by atoms with van der Waals surface area (Å²) in [4.78, 5) is 50.9. The molecule has 0 amide bonds. The van der Waals surface area contributed by atoms with Crippen molar-refractivity contribution in [1.29, 1.82) is 0 Å². The zero-order valence-corrected chi connectivity index (χ0v) is 84.9. The molecule has 0 radical (unpaired) electrons. The second kappa shape index (κ2) is 67.2. The lowest BCUT2D eigenvalue weighted by atomic mass is 9.91. The zero-order chi connectivity index (χ0) is 102. The van der Waals surface area contributed by atoms with Crippen LogP contribution in [-0.4, -0.2) is 350 Å². The topological polar surface area (TPSA) is 544 Å². The monoisotopic (exact) mass is 1980 g/mol. The van der Waals surface area contributed by atoms with Crippen LogP contribution in [0.2, 0.25) is 5.04 Å². The summed E-state index contributed by atoms with van der Waals surface area (Å²) in [6.45, 7) is 26.4.